The Balaban J connectivity index is 1.34. The summed E-state index contributed by atoms with van der Waals surface area (Å²) in [7, 11) is 1.55. The van der Waals surface area contributed by atoms with E-state index in [2.05, 4.69) is 20.5 Å². The molecule has 1 aromatic heterocycles. The lowest BCUT2D eigenvalue weighted by Crippen LogP contribution is -2.39. The number of methoxy groups -OCH3 is 1. The van der Waals surface area contributed by atoms with E-state index in [0.29, 0.717) is 35.2 Å². The number of carbonyl (C=O) groups is 2. The lowest BCUT2D eigenvalue weighted by Gasteiger charge is -2.19. The zero-order chi connectivity index (χ0) is 24.5. The normalized spacial score (nSPS) is 18.9. The molecule has 3 heterocycles. The van der Waals surface area contributed by atoms with Crippen LogP contribution in [0.3, 0.4) is 0 Å². The first kappa shape index (κ1) is 22.8. The molecule has 2 amide bonds. The van der Waals surface area contributed by atoms with Gasteiger partial charge in [0.25, 0.3) is 11.8 Å². The maximum atomic E-state index is 13.2. The van der Waals surface area contributed by atoms with Gasteiger partial charge < -0.3 is 14.0 Å². The largest absolute Gasteiger partial charge is 0.493 e. The van der Waals surface area contributed by atoms with E-state index in [-0.39, 0.29) is 18.3 Å². The van der Waals surface area contributed by atoms with Crippen LogP contribution in [-0.4, -0.2) is 59.0 Å². The average molecular weight is 495 g/mol. The Morgan fingerprint density at radius 3 is 2.74 bits per heavy atom. The van der Waals surface area contributed by atoms with Gasteiger partial charge in [-0.1, -0.05) is 16.4 Å². The summed E-state index contributed by atoms with van der Waals surface area (Å²) in [6, 6.07) is 10.8. The van der Waals surface area contributed by atoms with Crippen molar-refractivity contribution in [1.82, 2.24) is 15.1 Å². The molecular formula is C23H22N6O5S. The van der Waals surface area contributed by atoms with E-state index < -0.39 is 18.0 Å². The number of thioether (sulfide) groups is 1. The van der Waals surface area contributed by atoms with Gasteiger partial charge in [0.05, 0.1) is 19.4 Å². The van der Waals surface area contributed by atoms with Gasteiger partial charge in [-0.15, -0.1) is 11.8 Å². The minimum atomic E-state index is -0.904. The summed E-state index contributed by atoms with van der Waals surface area (Å²) in [6.45, 7) is 2.43. The summed E-state index contributed by atoms with van der Waals surface area (Å²) in [5.41, 5.74) is 1.19. The van der Waals surface area contributed by atoms with Crippen LogP contribution in [0.1, 0.15) is 12.8 Å². The Bertz CT molecular complexity index is 1310. The first-order chi connectivity index (χ1) is 17.0. The van der Waals surface area contributed by atoms with Gasteiger partial charge in [0, 0.05) is 10.5 Å². The van der Waals surface area contributed by atoms with Gasteiger partial charge in [-0.3, -0.25) is 14.6 Å². The summed E-state index contributed by atoms with van der Waals surface area (Å²) in [5, 5.41) is 13.5. The highest BCUT2D eigenvalue weighted by atomic mass is 32.2. The molecule has 3 aromatic rings. The van der Waals surface area contributed by atoms with Crippen LogP contribution in [-0.2, 0) is 16.1 Å². The van der Waals surface area contributed by atoms with E-state index >= 15 is 0 Å². The Kier molecular flexibility index (Phi) is 6.12. The number of fused-ring (bicyclic) bond motifs is 1. The number of hydrogen-bond donors (Lipinski definition) is 0. The smallest absolute Gasteiger partial charge is 0.263 e. The first-order valence-electron chi connectivity index (χ1n) is 10.9. The van der Waals surface area contributed by atoms with Crippen molar-refractivity contribution in [1.29, 1.82) is 0 Å². The monoisotopic (exact) mass is 494 g/mol. The minimum absolute atomic E-state index is 0.0313. The van der Waals surface area contributed by atoms with Gasteiger partial charge in [-0.25, -0.2) is 4.90 Å². The fraction of sp³-hybridized carbons (Fsp3) is 0.304. The third-order valence-corrected chi connectivity index (χ3v) is 6.38. The number of ether oxygens (including phenoxy) is 2. The molecule has 2 aromatic carbocycles. The maximum absolute atomic E-state index is 13.2. The standard InChI is InChI=1S/C23H22N6O5S/c1-4-33-16-9-8-13(10-17(16)32-2)21-24-18(34-26-21)12-28-20-19(25-27-28)22(30)29(23(20)31)14-6-5-7-15(11-14)35-3/h5-11,19-20H,4,12H2,1-3H3/t19-,20+/m1/s1. The topological polar surface area (TPSA) is 123 Å². The molecule has 2 aliphatic rings. The van der Waals surface area contributed by atoms with Crippen molar-refractivity contribution in [2.75, 3.05) is 24.9 Å². The van der Waals surface area contributed by atoms with E-state index in [1.807, 2.05) is 25.3 Å². The van der Waals surface area contributed by atoms with Gasteiger partial charge in [-0.05, 0) is 49.6 Å². The second-order valence-corrected chi connectivity index (χ2v) is 8.60. The van der Waals surface area contributed by atoms with Crippen molar-refractivity contribution < 1.29 is 23.6 Å². The minimum Gasteiger partial charge on any atom is -0.493 e. The van der Waals surface area contributed by atoms with E-state index in [1.54, 1.807) is 37.4 Å². The van der Waals surface area contributed by atoms with E-state index in [1.165, 1.54) is 21.7 Å². The van der Waals surface area contributed by atoms with E-state index in [9.17, 15) is 9.59 Å². The lowest BCUT2D eigenvalue weighted by atomic mass is 10.1. The molecule has 11 nitrogen and oxygen atoms in total. The molecular weight excluding hydrogens is 472 g/mol. The number of amides is 2. The molecule has 1 fully saturated rings. The zero-order valence-electron chi connectivity index (χ0n) is 19.2. The van der Waals surface area contributed by atoms with Crippen LogP contribution in [0.25, 0.3) is 11.4 Å². The third kappa shape index (κ3) is 4.09. The van der Waals surface area contributed by atoms with Crippen LogP contribution >= 0.6 is 11.8 Å². The number of aromatic nitrogens is 2. The van der Waals surface area contributed by atoms with Crippen LogP contribution in [0.4, 0.5) is 5.69 Å². The number of rotatable bonds is 8. The highest BCUT2D eigenvalue weighted by molar-refractivity contribution is 7.98. The average Bonchev–Trinajstić information content (AvgIpc) is 3.57. The molecule has 0 N–H and O–H groups in total. The summed E-state index contributed by atoms with van der Waals surface area (Å²) in [6.07, 6.45) is 1.93. The second-order valence-electron chi connectivity index (χ2n) is 7.72. The Morgan fingerprint density at radius 1 is 1.11 bits per heavy atom. The number of hydrogen-bond acceptors (Lipinski definition) is 11. The predicted octanol–water partition coefficient (Wildman–Crippen LogP) is 3.36. The molecule has 35 heavy (non-hydrogen) atoms. The maximum Gasteiger partial charge on any atom is 0.263 e. The number of carbonyl (C=O) groups excluding carboxylic acids is 2. The van der Waals surface area contributed by atoms with Crippen molar-refractivity contribution in [2.24, 2.45) is 10.3 Å². The number of nitrogens with zero attached hydrogens (tertiary/aromatic N) is 6. The molecule has 0 saturated carbocycles. The molecule has 0 unspecified atom stereocenters. The SMILES string of the molecule is CCOc1ccc(-c2noc(CN3N=N[C@H]4C(=O)N(c5cccc(SC)c5)C(=O)[C@H]43)n2)cc1OC. The van der Waals surface area contributed by atoms with Crippen LogP contribution in [0.2, 0.25) is 0 Å². The van der Waals surface area contributed by atoms with Crippen LogP contribution in [0.5, 0.6) is 11.5 Å². The highest BCUT2D eigenvalue weighted by Crippen LogP contribution is 2.35. The summed E-state index contributed by atoms with van der Waals surface area (Å²) >= 11 is 1.53. The van der Waals surface area contributed by atoms with Gasteiger partial charge >= 0.3 is 0 Å². The molecule has 0 aliphatic carbocycles. The van der Waals surface area contributed by atoms with Crippen molar-refractivity contribution in [3.63, 3.8) is 0 Å². The van der Waals surface area contributed by atoms with Crippen molar-refractivity contribution in [3.05, 3.63) is 48.4 Å². The summed E-state index contributed by atoms with van der Waals surface area (Å²) in [5.74, 6) is 0.945. The number of benzene rings is 2. The third-order valence-electron chi connectivity index (χ3n) is 5.66. The Hall–Kier alpha value is -3.93. The quantitative estimate of drug-likeness (QED) is 0.342. The van der Waals surface area contributed by atoms with Gasteiger partial charge in [0.15, 0.2) is 23.6 Å². The zero-order valence-corrected chi connectivity index (χ0v) is 20.1. The molecule has 2 atom stereocenters. The predicted molar refractivity (Wildman–Crippen MR) is 126 cm³/mol. The fourth-order valence-corrected chi connectivity index (χ4v) is 4.47. The van der Waals surface area contributed by atoms with Gasteiger partial charge in [0.2, 0.25) is 11.7 Å². The van der Waals surface area contributed by atoms with Gasteiger partial charge in [-0.2, -0.15) is 10.1 Å². The van der Waals surface area contributed by atoms with Crippen molar-refractivity contribution in [2.45, 2.75) is 30.4 Å². The summed E-state index contributed by atoms with van der Waals surface area (Å²) < 4.78 is 16.3. The molecule has 0 spiro atoms. The van der Waals surface area contributed by atoms with Crippen molar-refractivity contribution in [3.8, 4) is 22.9 Å². The second kappa shape index (κ2) is 9.37. The van der Waals surface area contributed by atoms with Gasteiger partial charge in [0.1, 0.15) is 6.54 Å². The molecule has 12 heteroatoms. The Labute approximate surface area is 205 Å². The molecule has 2 aliphatic heterocycles. The summed E-state index contributed by atoms with van der Waals surface area (Å²) in [4.78, 5) is 32.7. The first-order valence-corrected chi connectivity index (χ1v) is 12.1. The van der Waals surface area contributed by atoms with Crippen LogP contribution in [0.15, 0.2) is 62.2 Å². The molecule has 1 saturated heterocycles. The van der Waals surface area contributed by atoms with Crippen LogP contribution < -0.4 is 14.4 Å². The number of imide groups is 1. The highest BCUT2D eigenvalue weighted by Gasteiger charge is 2.55. The molecule has 0 bridgehead atoms. The molecule has 180 valence electrons. The van der Waals surface area contributed by atoms with Crippen LogP contribution in [0, 0.1) is 0 Å². The fourth-order valence-electron chi connectivity index (χ4n) is 4.01. The van der Waals surface area contributed by atoms with Crippen molar-refractivity contribution >= 4 is 29.3 Å². The molecule has 0 radical (unpaired) electrons. The van der Waals surface area contributed by atoms with E-state index in [4.69, 9.17) is 14.0 Å². The lowest BCUT2D eigenvalue weighted by molar-refractivity contribution is -0.123. The Morgan fingerprint density at radius 2 is 1.97 bits per heavy atom. The molecule has 5 rings (SSSR count). The number of anilines is 1. The van der Waals surface area contributed by atoms with E-state index in [0.717, 1.165) is 4.90 Å².